The Morgan fingerprint density at radius 1 is 0.486 bits per heavy atom. The highest BCUT2D eigenvalue weighted by atomic mass is 127. The molecule has 0 fully saturated rings. The first-order chi connectivity index (χ1) is 16.7. The molecule has 0 heterocycles. The molecule has 0 saturated heterocycles. The lowest BCUT2D eigenvalue weighted by molar-refractivity contribution is -1.73. The summed E-state index contributed by atoms with van der Waals surface area (Å²) in [5, 5.41) is -0.281. The summed E-state index contributed by atoms with van der Waals surface area (Å²) < 4.78 is 25.7. The molecule has 1 atom stereocenters. The van der Waals surface area contributed by atoms with E-state index in [1.54, 1.807) is 0 Å². The van der Waals surface area contributed by atoms with Gasteiger partial charge in [-0.1, -0.05) is 142 Å². The predicted octanol–water partition coefficient (Wildman–Crippen LogP) is 1.01. The fourth-order valence-corrected chi connectivity index (χ4v) is 7.00. The van der Waals surface area contributed by atoms with Gasteiger partial charge in [0.2, 0.25) is 0 Å². The molecule has 0 bridgehead atoms. The van der Waals surface area contributed by atoms with E-state index in [1.807, 2.05) is 0 Å². The van der Waals surface area contributed by atoms with E-state index in [4.69, 9.17) is 10.3 Å². The Hall–Kier alpha value is -2.08. The average Bonchev–Trinajstić information content (AvgIpc) is 2.85. The summed E-state index contributed by atoms with van der Waals surface area (Å²) in [6, 6.07) is 44.3. The second-order valence-electron chi connectivity index (χ2n) is 9.56. The van der Waals surface area contributed by atoms with Gasteiger partial charge in [0, 0.05) is 11.1 Å². The molecule has 0 N–H and O–H groups in total. The van der Waals surface area contributed by atoms with Crippen LogP contribution in [0.1, 0.15) is 43.0 Å². The summed E-state index contributed by atoms with van der Waals surface area (Å²) in [4.78, 5) is 0. The summed E-state index contributed by atoms with van der Waals surface area (Å²) in [7, 11) is 2.14. The van der Waals surface area contributed by atoms with Crippen LogP contribution in [0.3, 0.4) is 0 Å². The highest BCUT2D eigenvalue weighted by molar-refractivity contribution is 7.19. The molecule has 0 radical (unpaired) electrons. The molecule has 0 aliphatic carbocycles. The lowest BCUT2D eigenvalue weighted by Gasteiger charge is -2.54. The fraction of sp³-hybridized carbons (Fsp3) is 0.200. The smallest absolute Gasteiger partial charge is 0.282 e. The van der Waals surface area contributed by atoms with Gasteiger partial charge in [0.25, 0.3) is 21.1 Å². The molecular weight excluding hydrogens is 566 g/mol. The van der Waals surface area contributed by atoms with Crippen LogP contribution in [-0.4, -0.2) is 0 Å². The van der Waals surface area contributed by atoms with Crippen LogP contribution >= 0.6 is 9.24 Å². The van der Waals surface area contributed by atoms with Crippen LogP contribution in [0.15, 0.2) is 121 Å². The van der Waals surface area contributed by atoms with Gasteiger partial charge in [0.1, 0.15) is 5.16 Å². The molecular formula is C30H32IO3P. The molecule has 0 spiro atoms. The van der Waals surface area contributed by atoms with E-state index in [0.717, 1.165) is 0 Å². The number of hydrogen-bond acceptors (Lipinski definition) is 3. The molecule has 0 amide bonds. The molecule has 1 unspecified atom stereocenters. The van der Waals surface area contributed by atoms with Crippen molar-refractivity contribution in [2.24, 2.45) is 5.41 Å². The Morgan fingerprint density at radius 2 is 0.714 bits per heavy atom. The number of halogens is 1. The minimum Gasteiger partial charge on any atom is -0.427 e. The Bertz CT molecular complexity index is 1080. The Kier molecular flexibility index (Phi) is 9.25. The summed E-state index contributed by atoms with van der Waals surface area (Å²) in [5.74, 6) is 0. The van der Waals surface area contributed by atoms with Crippen molar-refractivity contribution in [2.45, 2.75) is 31.3 Å². The third-order valence-electron chi connectivity index (χ3n) is 6.71. The highest BCUT2D eigenvalue weighted by Crippen LogP contribution is 2.64. The zero-order valence-corrected chi connectivity index (χ0v) is 23.9. The van der Waals surface area contributed by atoms with Crippen LogP contribution in [0, 0.1) is 5.41 Å². The zero-order valence-electron chi connectivity index (χ0n) is 20.4. The van der Waals surface area contributed by atoms with E-state index in [0.29, 0.717) is 0 Å². The van der Waals surface area contributed by atoms with Crippen molar-refractivity contribution in [3.63, 3.8) is 0 Å². The second kappa shape index (κ2) is 11.8. The van der Waals surface area contributed by atoms with Crippen molar-refractivity contribution in [3.05, 3.63) is 144 Å². The average molecular weight is 598 g/mol. The molecule has 0 aliphatic rings. The van der Waals surface area contributed by atoms with Crippen LogP contribution in [0.5, 0.6) is 0 Å². The Balaban J connectivity index is 0.000000795. The van der Waals surface area contributed by atoms with Crippen molar-refractivity contribution in [1.82, 2.24) is 0 Å². The first-order valence-electron chi connectivity index (χ1n) is 11.5. The first kappa shape index (κ1) is 27.5. The van der Waals surface area contributed by atoms with E-state index in [9.17, 15) is 0 Å². The third-order valence-corrected chi connectivity index (χ3v) is 8.06. The molecule has 4 aromatic carbocycles. The maximum Gasteiger partial charge on any atom is 0.282 e. The van der Waals surface area contributed by atoms with Gasteiger partial charge in [-0.05, 0) is 25.8 Å². The summed E-state index contributed by atoms with van der Waals surface area (Å²) >= 11 is -4.01. The van der Waals surface area contributed by atoms with Crippen molar-refractivity contribution in [1.29, 1.82) is 0 Å². The van der Waals surface area contributed by atoms with E-state index in [-0.39, 0.29) is 16.0 Å². The monoisotopic (exact) mass is 598 g/mol. The first-order valence-corrected chi connectivity index (χ1v) is 14.8. The minimum absolute atomic E-state index is 0.0802. The predicted molar refractivity (Wildman–Crippen MR) is 138 cm³/mol. The molecule has 5 heteroatoms. The van der Waals surface area contributed by atoms with Gasteiger partial charge in [-0.2, -0.15) is 0 Å². The molecule has 4 rings (SSSR count). The third kappa shape index (κ3) is 5.52. The highest BCUT2D eigenvalue weighted by Gasteiger charge is 2.62. The molecule has 0 saturated carbocycles. The van der Waals surface area contributed by atoms with Crippen molar-refractivity contribution in [2.75, 3.05) is 0 Å². The summed E-state index contributed by atoms with van der Waals surface area (Å²) in [6.07, 6.45) is 0. The van der Waals surface area contributed by atoms with Gasteiger partial charge in [0.15, 0.2) is 0 Å². The zero-order chi connectivity index (χ0) is 25.5. The molecule has 182 valence electrons. The van der Waals surface area contributed by atoms with Gasteiger partial charge in [-0.15, -0.1) is 0 Å². The fourth-order valence-electron chi connectivity index (χ4n) is 5.59. The molecule has 0 aromatic heterocycles. The SMILES string of the molecule is CC(C)(C)C(c1ccccc1)(c1ccccc1)C([PH3+])(c1ccccc1)c1ccccc1.[O-][I+2]([O-])[O-]. The topological polar surface area (TPSA) is 69.2 Å². The maximum atomic E-state index is 8.57. The minimum atomic E-state index is -4.01. The van der Waals surface area contributed by atoms with Crippen LogP contribution < -0.4 is 31.4 Å². The van der Waals surface area contributed by atoms with E-state index in [1.165, 1.54) is 22.3 Å². The Morgan fingerprint density at radius 3 is 0.943 bits per heavy atom. The van der Waals surface area contributed by atoms with Gasteiger partial charge < -0.3 is 10.3 Å². The normalized spacial score (nSPS) is 12.2. The van der Waals surface area contributed by atoms with Crippen molar-refractivity contribution >= 4 is 9.24 Å². The van der Waals surface area contributed by atoms with Gasteiger partial charge >= 0.3 is 0 Å². The van der Waals surface area contributed by atoms with Crippen molar-refractivity contribution in [3.8, 4) is 0 Å². The Labute approximate surface area is 220 Å². The van der Waals surface area contributed by atoms with Crippen molar-refractivity contribution < 1.29 is 31.4 Å². The van der Waals surface area contributed by atoms with Crippen LogP contribution in [0.4, 0.5) is 0 Å². The lowest BCUT2D eigenvalue weighted by atomic mass is 9.50. The molecule has 0 aliphatic heterocycles. The number of rotatable bonds is 5. The molecule has 3 nitrogen and oxygen atoms in total. The van der Waals surface area contributed by atoms with Crippen LogP contribution in [-0.2, 0) is 10.6 Å². The molecule has 35 heavy (non-hydrogen) atoms. The number of hydrogen-bond donors (Lipinski definition) is 0. The van der Waals surface area contributed by atoms with Crippen LogP contribution in [0.25, 0.3) is 0 Å². The standard InChI is InChI=1S/C30H31P.IO3/c1-28(2,3)29(24-16-8-4-9-17-24,25-18-10-5-11-19-25)30(31,26-20-12-6-13-21-26)27-22-14-7-15-23-27;2-1(3)4/h4-23H,31H2,1-3H3;/q;-1/p+1. The van der Waals surface area contributed by atoms with E-state index < -0.39 is 21.1 Å². The van der Waals surface area contributed by atoms with Gasteiger partial charge in [-0.3, -0.25) is 0 Å². The quantitative estimate of drug-likeness (QED) is 0.255. The summed E-state index contributed by atoms with van der Waals surface area (Å²) in [5.41, 5.74) is 4.98. The largest absolute Gasteiger partial charge is 0.427 e. The van der Waals surface area contributed by atoms with E-state index in [2.05, 4.69) is 151 Å². The van der Waals surface area contributed by atoms with E-state index >= 15 is 0 Å². The van der Waals surface area contributed by atoms with Crippen LogP contribution in [0.2, 0.25) is 0 Å². The molecule has 4 aromatic rings. The summed E-state index contributed by atoms with van der Waals surface area (Å²) in [6.45, 7) is 7.17. The lowest BCUT2D eigenvalue weighted by Crippen LogP contribution is -4.05. The maximum absolute atomic E-state index is 8.57. The number of benzene rings is 4. The van der Waals surface area contributed by atoms with Gasteiger partial charge in [-0.25, -0.2) is 0 Å². The van der Waals surface area contributed by atoms with Gasteiger partial charge in [0.05, 0.1) is 5.41 Å². The second-order valence-corrected chi connectivity index (χ2v) is 11.7.